The van der Waals surface area contributed by atoms with E-state index in [1.165, 1.54) is 33.4 Å². The van der Waals surface area contributed by atoms with E-state index in [4.69, 9.17) is 0 Å². The van der Waals surface area contributed by atoms with E-state index >= 15 is 0 Å². The number of thiophene rings is 1. The van der Waals surface area contributed by atoms with Crippen LogP contribution in [-0.4, -0.2) is 45.1 Å². The molecule has 0 radical (unpaired) electrons. The summed E-state index contributed by atoms with van der Waals surface area (Å²) >= 11 is 1.68. The molecule has 3 heterocycles. The van der Waals surface area contributed by atoms with Crippen molar-refractivity contribution in [3.8, 4) is 0 Å². The SMILES string of the molecule is CC[C@@H]1c2ccsc2CCN1S(=O)(=O)c1ccc(S(=O)(=O)N2CCCC2)cc1. The molecule has 1 aromatic carbocycles. The predicted octanol–water partition coefficient (Wildman–Crippen LogP) is 3.23. The van der Waals surface area contributed by atoms with Gasteiger partial charge in [0.15, 0.2) is 0 Å². The highest BCUT2D eigenvalue weighted by Gasteiger charge is 2.36. The molecule has 2 aliphatic heterocycles. The quantitative estimate of drug-likeness (QED) is 0.715. The first-order valence-electron chi connectivity index (χ1n) is 9.54. The van der Waals surface area contributed by atoms with Gasteiger partial charge in [-0.3, -0.25) is 0 Å². The molecule has 0 spiro atoms. The normalized spacial score (nSPS) is 21.7. The Balaban J connectivity index is 1.63. The zero-order valence-electron chi connectivity index (χ0n) is 15.7. The average molecular weight is 441 g/mol. The summed E-state index contributed by atoms with van der Waals surface area (Å²) in [5, 5.41) is 2.02. The molecule has 28 heavy (non-hydrogen) atoms. The van der Waals surface area contributed by atoms with Gasteiger partial charge in [-0.2, -0.15) is 8.61 Å². The lowest BCUT2D eigenvalue weighted by molar-refractivity contribution is 0.303. The minimum atomic E-state index is -3.70. The second kappa shape index (κ2) is 7.53. The number of hydrogen-bond acceptors (Lipinski definition) is 5. The number of fused-ring (bicyclic) bond motifs is 1. The zero-order valence-corrected chi connectivity index (χ0v) is 18.2. The molecular weight excluding hydrogens is 416 g/mol. The molecule has 1 saturated heterocycles. The summed E-state index contributed by atoms with van der Waals surface area (Å²) in [4.78, 5) is 1.55. The standard InChI is InChI=1S/C19H24N2O4S3/c1-2-18-17-10-14-26-19(17)9-13-21(18)28(24,25)16-7-5-15(6-8-16)27(22,23)20-11-3-4-12-20/h5-8,10,14,18H,2-4,9,11-13H2,1H3/t18-/m1/s1. The van der Waals surface area contributed by atoms with Gasteiger partial charge in [-0.05, 0) is 67.0 Å². The van der Waals surface area contributed by atoms with Crippen molar-refractivity contribution in [2.24, 2.45) is 0 Å². The van der Waals surface area contributed by atoms with Crippen LogP contribution in [0.3, 0.4) is 0 Å². The van der Waals surface area contributed by atoms with E-state index in [1.54, 1.807) is 15.6 Å². The first-order chi connectivity index (χ1) is 13.4. The van der Waals surface area contributed by atoms with Gasteiger partial charge in [0, 0.05) is 24.5 Å². The van der Waals surface area contributed by atoms with Gasteiger partial charge in [-0.1, -0.05) is 6.92 Å². The van der Waals surface area contributed by atoms with Gasteiger partial charge in [0.05, 0.1) is 15.8 Å². The molecule has 6 nitrogen and oxygen atoms in total. The van der Waals surface area contributed by atoms with E-state index in [-0.39, 0.29) is 15.8 Å². The van der Waals surface area contributed by atoms with Crippen LogP contribution < -0.4 is 0 Å². The molecule has 9 heteroatoms. The molecule has 1 atom stereocenters. The Morgan fingerprint density at radius 1 is 0.929 bits per heavy atom. The molecule has 1 fully saturated rings. The van der Waals surface area contributed by atoms with Crippen molar-refractivity contribution in [3.05, 3.63) is 46.2 Å². The summed E-state index contributed by atoms with van der Waals surface area (Å²) in [5.41, 5.74) is 1.09. The maximum absolute atomic E-state index is 13.3. The number of hydrogen-bond donors (Lipinski definition) is 0. The maximum atomic E-state index is 13.3. The third kappa shape index (κ3) is 3.33. The summed E-state index contributed by atoms with van der Waals surface area (Å²) in [7, 11) is -7.24. The molecule has 0 saturated carbocycles. The van der Waals surface area contributed by atoms with Crippen LogP contribution in [0.25, 0.3) is 0 Å². The van der Waals surface area contributed by atoms with Crippen molar-refractivity contribution in [1.82, 2.24) is 8.61 Å². The Bertz CT molecular complexity index is 1050. The molecule has 2 aliphatic rings. The first-order valence-corrected chi connectivity index (χ1v) is 13.3. The molecule has 0 N–H and O–H groups in total. The molecule has 152 valence electrons. The van der Waals surface area contributed by atoms with Crippen LogP contribution in [0.15, 0.2) is 45.5 Å². The Kier molecular flexibility index (Phi) is 5.39. The second-order valence-corrected chi connectivity index (χ2v) is 12.0. The first kappa shape index (κ1) is 20.0. The molecule has 1 aromatic heterocycles. The molecule has 0 amide bonds. The van der Waals surface area contributed by atoms with Crippen LogP contribution in [0.1, 0.15) is 42.7 Å². The summed E-state index contributed by atoms with van der Waals surface area (Å²) in [6.07, 6.45) is 3.14. The van der Waals surface area contributed by atoms with Crippen molar-refractivity contribution in [3.63, 3.8) is 0 Å². The van der Waals surface area contributed by atoms with Gasteiger partial charge in [-0.15, -0.1) is 11.3 Å². The summed E-state index contributed by atoms with van der Waals surface area (Å²) < 4.78 is 54.9. The summed E-state index contributed by atoms with van der Waals surface area (Å²) in [6.45, 7) is 3.49. The molecule has 4 rings (SSSR count). The largest absolute Gasteiger partial charge is 0.243 e. The topological polar surface area (TPSA) is 74.8 Å². The van der Waals surface area contributed by atoms with Crippen molar-refractivity contribution in [2.75, 3.05) is 19.6 Å². The number of nitrogens with zero attached hydrogens (tertiary/aromatic N) is 2. The minimum absolute atomic E-state index is 0.144. The summed E-state index contributed by atoms with van der Waals surface area (Å²) in [5.74, 6) is 0. The van der Waals surface area contributed by atoms with Gasteiger partial charge in [-0.25, -0.2) is 16.8 Å². The summed E-state index contributed by atoms with van der Waals surface area (Å²) in [6, 6.07) is 7.53. The van der Waals surface area contributed by atoms with Crippen LogP contribution >= 0.6 is 11.3 Å². The zero-order chi connectivity index (χ0) is 19.9. The fourth-order valence-electron chi connectivity index (χ4n) is 4.08. The van der Waals surface area contributed by atoms with Crippen LogP contribution in [0, 0.1) is 0 Å². The van der Waals surface area contributed by atoms with Crippen LogP contribution in [0.2, 0.25) is 0 Å². The minimum Gasteiger partial charge on any atom is -0.207 e. The van der Waals surface area contributed by atoms with Gasteiger partial charge in [0.1, 0.15) is 0 Å². The van der Waals surface area contributed by atoms with E-state index in [9.17, 15) is 16.8 Å². The Morgan fingerprint density at radius 3 is 2.14 bits per heavy atom. The van der Waals surface area contributed by atoms with Crippen LogP contribution in [-0.2, 0) is 26.5 Å². The number of sulfonamides is 2. The third-order valence-electron chi connectivity index (χ3n) is 5.57. The van der Waals surface area contributed by atoms with Crippen molar-refractivity contribution in [1.29, 1.82) is 0 Å². The predicted molar refractivity (Wildman–Crippen MR) is 109 cm³/mol. The van der Waals surface area contributed by atoms with Crippen LogP contribution in [0.5, 0.6) is 0 Å². The molecular formula is C19H24N2O4S3. The van der Waals surface area contributed by atoms with E-state index in [1.807, 2.05) is 18.4 Å². The van der Waals surface area contributed by atoms with Gasteiger partial charge >= 0.3 is 0 Å². The van der Waals surface area contributed by atoms with E-state index in [0.29, 0.717) is 32.5 Å². The average Bonchev–Trinajstić information content (AvgIpc) is 3.39. The number of rotatable bonds is 5. The highest BCUT2D eigenvalue weighted by atomic mass is 32.2. The molecule has 0 bridgehead atoms. The Morgan fingerprint density at radius 2 is 1.54 bits per heavy atom. The van der Waals surface area contributed by atoms with Gasteiger partial charge in [0.25, 0.3) is 0 Å². The Hall–Kier alpha value is -1.26. The van der Waals surface area contributed by atoms with Crippen molar-refractivity contribution in [2.45, 2.75) is 48.4 Å². The maximum Gasteiger partial charge on any atom is 0.243 e. The van der Waals surface area contributed by atoms with Crippen LogP contribution in [0.4, 0.5) is 0 Å². The van der Waals surface area contributed by atoms with E-state index in [2.05, 4.69) is 0 Å². The molecule has 2 aromatic rings. The third-order valence-corrected chi connectivity index (χ3v) is 10.4. The van der Waals surface area contributed by atoms with Gasteiger partial charge in [0.2, 0.25) is 20.0 Å². The monoisotopic (exact) mass is 440 g/mol. The van der Waals surface area contributed by atoms with Crippen molar-refractivity contribution >= 4 is 31.4 Å². The number of benzene rings is 1. The fourth-order valence-corrected chi connectivity index (χ4v) is 8.21. The van der Waals surface area contributed by atoms with Crippen molar-refractivity contribution < 1.29 is 16.8 Å². The fraction of sp³-hybridized carbons (Fsp3) is 0.474. The Labute approximate surface area is 170 Å². The smallest absolute Gasteiger partial charge is 0.207 e. The second-order valence-electron chi connectivity index (χ2n) is 7.17. The van der Waals surface area contributed by atoms with E-state index in [0.717, 1.165) is 18.4 Å². The molecule has 0 aliphatic carbocycles. The van der Waals surface area contributed by atoms with Gasteiger partial charge < -0.3 is 0 Å². The highest BCUT2D eigenvalue weighted by Crippen LogP contribution is 2.38. The highest BCUT2D eigenvalue weighted by molar-refractivity contribution is 7.89. The lowest BCUT2D eigenvalue weighted by atomic mass is 10.0. The lowest BCUT2D eigenvalue weighted by Crippen LogP contribution is -2.39. The van der Waals surface area contributed by atoms with E-state index < -0.39 is 20.0 Å². The molecule has 0 unspecified atom stereocenters. The lowest BCUT2D eigenvalue weighted by Gasteiger charge is -2.34.